The molecule has 0 bridgehead atoms. The van der Waals surface area contributed by atoms with Crippen molar-refractivity contribution in [2.24, 2.45) is 0 Å². The van der Waals surface area contributed by atoms with Crippen LogP contribution in [-0.2, 0) is 9.53 Å². The third kappa shape index (κ3) is 4.86. The van der Waals surface area contributed by atoms with Gasteiger partial charge in [0.05, 0.1) is 29.0 Å². The Bertz CT molecular complexity index is 1050. The predicted octanol–water partition coefficient (Wildman–Crippen LogP) is 3.55. The molecule has 0 saturated carbocycles. The number of rotatable bonds is 7. The van der Waals surface area contributed by atoms with Crippen LogP contribution in [0.3, 0.4) is 0 Å². The second-order valence-corrected chi connectivity index (χ2v) is 7.62. The van der Waals surface area contributed by atoms with Gasteiger partial charge in [-0.15, -0.1) is 0 Å². The van der Waals surface area contributed by atoms with Gasteiger partial charge in [-0.3, -0.25) is 14.2 Å². The number of nitrogens with one attached hydrogen (secondary N) is 1. The summed E-state index contributed by atoms with van der Waals surface area (Å²) >= 11 is 13.2. The second kappa shape index (κ2) is 9.43. The van der Waals surface area contributed by atoms with Crippen LogP contribution in [-0.4, -0.2) is 41.5 Å². The summed E-state index contributed by atoms with van der Waals surface area (Å²) < 4.78 is 6.39. The van der Waals surface area contributed by atoms with Crippen molar-refractivity contribution in [1.29, 1.82) is 0 Å². The number of halogens is 2. The number of aromatic nitrogens is 2. The molecule has 9 heteroatoms. The van der Waals surface area contributed by atoms with E-state index in [4.69, 9.17) is 27.9 Å². The lowest BCUT2D eigenvalue weighted by atomic mass is 10.2. The molecule has 0 spiro atoms. The molecular weight excluding hydrogens is 421 g/mol. The molecule has 1 aromatic heterocycles. The molecular formula is C19H17Cl2N3O3S. The first kappa shape index (κ1) is 20.7. The largest absolute Gasteiger partial charge is 0.383 e. The molecule has 28 heavy (non-hydrogen) atoms. The molecule has 1 N–H and O–H groups in total. The number of thioether (sulfide) groups is 1. The van der Waals surface area contributed by atoms with Gasteiger partial charge >= 0.3 is 0 Å². The molecule has 0 atom stereocenters. The van der Waals surface area contributed by atoms with Crippen molar-refractivity contribution in [3.63, 3.8) is 0 Å². The minimum absolute atomic E-state index is 0.107. The van der Waals surface area contributed by atoms with Gasteiger partial charge in [0.15, 0.2) is 5.16 Å². The van der Waals surface area contributed by atoms with Gasteiger partial charge in [0, 0.05) is 23.7 Å². The van der Waals surface area contributed by atoms with E-state index in [-0.39, 0.29) is 17.2 Å². The van der Waals surface area contributed by atoms with Gasteiger partial charge in [-0.05, 0) is 42.5 Å². The lowest BCUT2D eigenvalue weighted by Gasteiger charge is -2.13. The van der Waals surface area contributed by atoms with Crippen LogP contribution in [0.2, 0.25) is 10.0 Å². The Hall–Kier alpha value is -2.06. The fraction of sp³-hybridized carbons (Fsp3) is 0.211. The van der Waals surface area contributed by atoms with Crippen molar-refractivity contribution in [3.05, 3.63) is 62.9 Å². The molecule has 0 unspecified atom stereocenters. The molecule has 1 heterocycles. The number of ether oxygens (including phenoxy) is 1. The molecule has 0 fully saturated rings. The number of carbonyl (C=O) groups excluding carboxylic acids is 1. The molecule has 0 saturated heterocycles. The standard InChI is InChI=1S/C19H17Cl2N3O3S/c1-27-9-8-22-17(25)11-28-19-23-16-10-13(21)4-7-15(16)18(26)24(19)14-5-2-12(20)3-6-14/h2-7,10H,8-9,11H2,1H3,(H,22,25). The number of nitrogens with zero attached hydrogens (tertiary/aromatic N) is 2. The molecule has 3 aromatic rings. The summed E-state index contributed by atoms with van der Waals surface area (Å²) in [5, 5.41) is 4.62. The number of carbonyl (C=O) groups is 1. The smallest absolute Gasteiger partial charge is 0.266 e. The molecule has 0 radical (unpaired) electrons. The number of benzene rings is 2. The topological polar surface area (TPSA) is 73.2 Å². The van der Waals surface area contributed by atoms with Crippen LogP contribution < -0.4 is 10.9 Å². The van der Waals surface area contributed by atoms with E-state index in [1.165, 1.54) is 16.3 Å². The molecule has 2 aromatic carbocycles. The minimum Gasteiger partial charge on any atom is -0.383 e. The Balaban J connectivity index is 2.00. The van der Waals surface area contributed by atoms with Crippen molar-refractivity contribution < 1.29 is 9.53 Å². The van der Waals surface area contributed by atoms with Gasteiger partial charge in [-0.2, -0.15) is 0 Å². The highest BCUT2D eigenvalue weighted by atomic mass is 35.5. The summed E-state index contributed by atoms with van der Waals surface area (Å²) in [7, 11) is 1.57. The first-order valence-electron chi connectivity index (χ1n) is 8.36. The highest BCUT2D eigenvalue weighted by Gasteiger charge is 2.15. The van der Waals surface area contributed by atoms with E-state index in [2.05, 4.69) is 10.3 Å². The number of amides is 1. The Morgan fingerprint density at radius 3 is 2.61 bits per heavy atom. The zero-order valence-corrected chi connectivity index (χ0v) is 17.3. The monoisotopic (exact) mass is 437 g/mol. The highest BCUT2D eigenvalue weighted by molar-refractivity contribution is 7.99. The lowest BCUT2D eigenvalue weighted by Crippen LogP contribution is -2.29. The van der Waals surface area contributed by atoms with Crippen LogP contribution in [0.1, 0.15) is 0 Å². The molecule has 3 rings (SSSR count). The number of fused-ring (bicyclic) bond motifs is 1. The van der Waals surface area contributed by atoms with Gasteiger partial charge in [-0.1, -0.05) is 35.0 Å². The lowest BCUT2D eigenvalue weighted by molar-refractivity contribution is -0.118. The van der Waals surface area contributed by atoms with Gasteiger partial charge in [-0.25, -0.2) is 4.98 Å². The molecule has 0 aliphatic heterocycles. The van der Waals surface area contributed by atoms with E-state index in [9.17, 15) is 9.59 Å². The number of hydrogen-bond donors (Lipinski definition) is 1. The van der Waals surface area contributed by atoms with E-state index >= 15 is 0 Å². The van der Waals surface area contributed by atoms with E-state index in [0.29, 0.717) is 44.9 Å². The SMILES string of the molecule is COCCNC(=O)CSc1nc2cc(Cl)ccc2c(=O)n1-c1ccc(Cl)cc1. The van der Waals surface area contributed by atoms with Gasteiger partial charge in [0.1, 0.15) is 0 Å². The van der Waals surface area contributed by atoms with Crippen LogP contribution >= 0.6 is 35.0 Å². The zero-order chi connectivity index (χ0) is 20.1. The third-order valence-corrected chi connectivity index (χ3v) is 5.27. The molecule has 1 amide bonds. The zero-order valence-electron chi connectivity index (χ0n) is 14.9. The predicted molar refractivity (Wildman–Crippen MR) is 113 cm³/mol. The average molecular weight is 438 g/mol. The molecule has 6 nitrogen and oxygen atoms in total. The molecule has 146 valence electrons. The maximum absolute atomic E-state index is 13.1. The van der Waals surface area contributed by atoms with Crippen molar-refractivity contribution in [2.45, 2.75) is 5.16 Å². The minimum atomic E-state index is -0.244. The number of hydrogen-bond acceptors (Lipinski definition) is 5. The fourth-order valence-corrected chi connectivity index (χ4v) is 3.66. The van der Waals surface area contributed by atoms with E-state index in [1.807, 2.05) is 0 Å². The third-order valence-electron chi connectivity index (χ3n) is 3.85. The first-order valence-corrected chi connectivity index (χ1v) is 10.1. The normalized spacial score (nSPS) is 11.0. The van der Waals surface area contributed by atoms with Crippen LogP contribution in [0.4, 0.5) is 0 Å². The summed E-state index contributed by atoms with van der Waals surface area (Å²) in [4.78, 5) is 29.7. The summed E-state index contributed by atoms with van der Waals surface area (Å²) in [5.41, 5.74) is 0.845. The van der Waals surface area contributed by atoms with Crippen molar-refractivity contribution in [1.82, 2.24) is 14.9 Å². The Labute approximate surface area is 175 Å². The average Bonchev–Trinajstić information content (AvgIpc) is 2.67. The summed E-state index contributed by atoms with van der Waals surface area (Å²) in [5.74, 6) is -0.0688. The van der Waals surface area contributed by atoms with Crippen LogP contribution in [0.15, 0.2) is 52.4 Å². The van der Waals surface area contributed by atoms with Crippen molar-refractivity contribution in [2.75, 3.05) is 26.0 Å². The van der Waals surface area contributed by atoms with Crippen molar-refractivity contribution >= 4 is 51.8 Å². The van der Waals surface area contributed by atoms with E-state index in [1.54, 1.807) is 49.6 Å². The maximum Gasteiger partial charge on any atom is 0.266 e. The summed E-state index contributed by atoms with van der Waals surface area (Å²) in [6, 6.07) is 11.8. The summed E-state index contributed by atoms with van der Waals surface area (Å²) in [6.45, 7) is 0.846. The molecule has 0 aliphatic carbocycles. The Kier molecular flexibility index (Phi) is 6.96. The fourth-order valence-electron chi connectivity index (χ4n) is 2.53. The number of methoxy groups -OCH3 is 1. The first-order chi connectivity index (χ1) is 13.5. The molecule has 0 aliphatic rings. The van der Waals surface area contributed by atoms with E-state index < -0.39 is 0 Å². The van der Waals surface area contributed by atoms with Gasteiger partial charge < -0.3 is 10.1 Å². The van der Waals surface area contributed by atoms with Crippen LogP contribution in [0.5, 0.6) is 0 Å². The van der Waals surface area contributed by atoms with Gasteiger partial charge in [0.2, 0.25) is 5.91 Å². The van der Waals surface area contributed by atoms with E-state index in [0.717, 1.165) is 0 Å². The van der Waals surface area contributed by atoms with Gasteiger partial charge in [0.25, 0.3) is 5.56 Å². The highest BCUT2D eigenvalue weighted by Crippen LogP contribution is 2.23. The summed E-state index contributed by atoms with van der Waals surface area (Å²) in [6.07, 6.45) is 0. The van der Waals surface area contributed by atoms with Crippen LogP contribution in [0, 0.1) is 0 Å². The Morgan fingerprint density at radius 2 is 1.89 bits per heavy atom. The second-order valence-electron chi connectivity index (χ2n) is 5.80. The Morgan fingerprint density at radius 1 is 1.18 bits per heavy atom. The quantitative estimate of drug-likeness (QED) is 0.347. The van der Waals surface area contributed by atoms with Crippen molar-refractivity contribution in [3.8, 4) is 5.69 Å². The van der Waals surface area contributed by atoms with Crippen LogP contribution in [0.25, 0.3) is 16.6 Å². The maximum atomic E-state index is 13.1.